The van der Waals surface area contributed by atoms with Crippen LogP contribution in [-0.4, -0.2) is 4.61 Å². The van der Waals surface area contributed by atoms with Gasteiger partial charge in [-0.15, -0.1) is 0 Å². The van der Waals surface area contributed by atoms with E-state index in [1.807, 2.05) is 0 Å². The molecule has 2 aromatic rings. The van der Waals surface area contributed by atoms with Crippen molar-refractivity contribution in [1.29, 1.82) is 0 Å². The summed E-state index contributed by atoms with van der Waals surface area (Å²) < 4.78 is 15.4. The Hall–Kier alpha value is -0.757. The average Bonchev–Trinajstić information content (AvgIpc) is 2.53. The first kappa shape index (κ1) is 20.6. The summed E-state index contributed by atoms with van der Waals surface area (Å²) in [6, 6.07) is 11.2. The van der Waals surface area contributed by atoms with Crippen molar-refractivity contribution < 1.29 is 17.9 Å². The fraction of sp³-hybridized carbons (Fsp3) is 0.350. The Bertz CT molecular complexity index is 742. The monoisotopic (exact) mass is 469 g/mol. The molecule has 0 bridgehead atoms. The van der Waals surface area contributed by atoms with E-state index in [9.17, 15) is 4.39 Å². The summed E-state index contributed by atoms with van der Waals surface area (Å²) in [5.41, 5.74) is 5.54. The van der Waals surface area contributed by atoms with Gasteiger partial charge >= 0.3 is 163 Å². The van der Waals surface area contributed by atoms with Gasteiger partial charge in [0.2, 0.25) is 0 Å². The third kappa shape index (κ3) is 5.61. The molecule has 1 nitrogen and oxygen atoms in total. The molecule has 0 radical (unpaired) electrons. The Labute approximate surface area is 163 Å². The zero-order valence-corrected chi connectivity index (χ0v) is 18.1. The third-order valence-corrected chi connectivity index (χ3v) is 5.96. The van der Waals surface area contributed by atoms with Crippen LogP contribution in [0.2, 0.25) is 0 Å². The molecule has 25 heavy (non-hydrogen) atoms. The van der Waals surface area contributed by atoms with Gasteiger partial charge in [-0.1, -0.05) is 0 Å². The van der Waals surface area contributed by atoms with Crippen molar-refractivity contribution >= 4 is 29.7 Å². The molecule has 0 atom stereocenters. The molecule has 2 aromatic carbocycles. The van der Waals surface area contributed by atoms with E-state index < -0.39 is 13.5 Å². The molecule has 0 fully saturated rings. The summed E-state index contributed by atoms with van der Waals surface area (Å²) in [6.45, 7) is 9.38. The van der Waals surface area contributed by atoms with Crippen LogP contribution in [0.5, 0.6) is 0 Å². The van der Waals surface area contributed by atoms with Gasteiger partial charge in [0.1, 0.15) is 0 Å². The Balaban J connectivity index is 2.38. The SMILES string of the molecule is CC(C)c1cccc(C(C)C)c1NCc1ccc(F)cc1[CH]=[Ru]([Cl])[Cl]. The molecular weight excluding hydrogens is 445 g/mol. The van der Waals surface area contributed by atoms with Crippen LogP contribution in [0.25, 0.3) is 0 Å². The zero-order valence-electron chi connectivity index (χ0n) is 14.9. The predicted octanol–water partition coefficient (Wildman–Crippen LogP) is 6.76. The van der Waals surface area contributed by atoms with Crippen molar-refractivity contribution in [1.82, 2.24) is 0 Å². The van der Waals surface area contributed by atoms with Gasteiger partial charge < -0.3 is 0 Å². The molecular formula is C20H24Cl2FNRu. The number of halogens is 3. The number of hydrogen-bond acceptors (Lipinski definition) is 1. The van der Waals surface area contributed by atoms with Gasteiger partial charge in [-0.05, 0) is 0 Å². The van der Waals surface area contributed by atoms with Gasteiger partial charge in [0.05, 0.1) is 0 Å². The van der Waals surface area contributed by atoms with E-state index in [-0.39, 0.29) is 5.82 Å². The maximum atomic E-state index is 13.6. The Morgan fingerprint density at radius 3 is 2.16 bits per heavy atom. The number of anilines is 1. The second-order valence-electron chi connectivity index (χ2n) is 6.62. The summed E-state index contributed by atoms with van der Waals surface area (Å²) in [7, 11) is 12.0. The van der Waals surface area contributed by atoms with Crippen LogP contribution in [0.1, 0.15) is 61.8 Å². The molecule has 0 aliphatic rings. The summed E-state index contributed by atoms with van der Waals surface area (Å²) in [5, 5.41) is 3.58. The molecule has 1 N–H and O–H groups in total. The maximum absolute atomic E-state index is 13.6. The zero-order chi connectivity index (χ0) is 18.6. The predicted molar refractivity (Wildman–Crippen MR) is 105 cm³/mol. The van der Waals surface area contributed by atoms with Crippen molar-refractivity contribution in [3.05, 3.63) is 64.5 Å². The van der Waals surface area contributed by atoms with Crippen LogP contribution < -0.4 is 5.32 Å². The van der Waals surface area contributed by atoms with Gasteiger partial charge in [-0.25, -0.2) is 0 Å². The van der Waals surface area contributed by atoms with Gasteiger partial charge in [0.15, 0.2) is 0 Å². The topological polar surface area (TPSA) is 12.0 Å². The molecule has 0 amide bonds. The minimum atomic E-state index is -2.01. The molecule has 0 aromatic heterocycles. The number of nitrogens with one attached hydrogen (secondary N) is 1. The molecule has 0 aliphatic carbocycles. The quantitative estimate of drug-likeness (QED) is 0.461. The van der Waals surface area contributed by atoms with Crippen LogP contribution in [0, 0.1) is 5.82 Å². The summed E-state index contributed by atoms with van der Waals surface area (Å²) >= 11 is -2.01. The first-order valence-corrected chi connectivity index (χ1v) is 13.8. The van der Waals surface area contributed by atoms with Crippen molar-refractivity contribution in [2.45, 2.75) is 46.1 Å². The molecule has 138 valence electrons. The Morgan fingerprint density at radius 2 is 1.64 bits per heavy atom. The van der Waals surface area contributed by atoms with Gasteiger partial charge in [0.25, 0.3) is 0 Å². The normalized spacial score (nSPS) is 11.8. The summed E-state index contributed by atoms with van der Waals surface area (Å²) in [4.78, 5) is 0. The van der Waals surface area contributed by atoms with Crippen molar-refractivity contribution in [2.24, 2.45) is 0 Å². The minimum absolute atomic E-state index is 0.274. The Morgan fingerprint density at radius 1 is 1.04 bits per heavy atom. The van der Waals surface area contributed by atoms with Gasteiger partial charge in [-0.3, -0.25) is 0 Å². The molecule has 2 rings (SSSR count). The second-order valence-corrected chi connectivity index (χ2v) is 12.3. The number of hydrogen-bond donors (Lipinski definition) is 1. The fourth-order valence-electron chi connectivity index (χ4n) is 2.84. The van der Waals surface area contributed by atoms with E-state index in [1.165, 1.54) is 28.9 Å². The molecule has 5 heteroatoms. The Kier molecular flexibility index (Phi) is 7.61. The average molecular weight is 469 g/mol. The first-order valence-electron chi connectivity index (χ1n) is 8.27. The molecule has 0 saturated heterocycles. The third-order valence-electron chi connectivity index (χ3n) is 4.12. The molecule has 0 spiro atoms. The number of para-hydroxylation sites is 1. The molecule has 0 unspecified atom stereocenters. The van der Waals surface area contributed by atoms with Crippen LogP contribution in [0.15, 0.2) is 36.4 Å². The van der Waals surface area contributed by atoms with Crippen LogP contribution in [-0.2, 0) is 20.1 Å². The standard InChI is InChI=1S/C20H24FN.2ClH.Ru/c1-13(2)18-7-6-8-19(14(3)4)20(18)22-12-16-9-10-17(21)11-15(16)5;;;/h5-11,13-14,22H,12H2,1-4H3;2*1H;/q;;;+2/p-2. The van der Waals surface area contributed by atoms with Crippen molar-refractivity contribution in [2.75, 3.05) is 5.32 Å². The van der Waals surface area contributed by atoms with Gasteiger partial charge in [0, 0.05) is 0 Å². The molecule has 0 aliphatic heterocycles. The summed E-state index contributed by atoms with van der Waals surface area (Å²) in [5.74, 6) is 0.565. The van der Waals surface area contributed by atoms with E-state index >= 15 is 0 Å². The summed E-state index contributed by atoms with van der Waals surface area (Å²) in [6.07, 6.45) is 0. The van der Waals surface area contributed by atoms with E-state index in [2.05, 4.69) is 51.2 Å². The fourth-order valence-corrected chi connectivity index (χ4v) is 4.70. The van der Waals surface area contributed by atoms with Crippen molar-refractivity contribution in [3.8, 4) is 0 Å². The molecule has 0 heterocycles. The van der Waals surface area contributed by atoms with Crippen LogP contribution in [0.3, 0.4) is 0 Å². The van der Waals surface area contributed by atoms with Crippen LogP contribution >= 0.6 is 19.4 Å². The van der Waals surface area contributed by atoms with E-state index in [1.54, 1.807) is 10.7 Å². The first-order chi connectivity index (χ1) is 11.8. The van der Waals surface area contributed by atoms with Crippen molar-refractivity contribution in [3.63, 3.8) is 0 Å². The molecule has 0 saturated carbocycles. The number of benzene rings is 2. The van der Waals surface area contributed by atoms with Crippen LogP contribution in [0.4, 0.5) is 10.1 Å². The second kappa shape index (κ2) is 9.26. The van der Waals surface area contributed by atoms with E-state index in [4.69, 9.17) is 19.4 Å². The number of rotatable bonds is 6. The van der Waals surface area contributed by atoms with E-state index in [0.717, 1.165) is 11.1 Å². The van der Waals surface area contributed by atoms with E-state index in [0.29, 0.717) is 18.4 Å². The van der Waals surface area contributed by atoms with Gasteiger partial charge in [-0.2, -0.15) is 0 Å².